The lowest BCUT2D eigenvalue weighted by Crippen LogP contribution is -2.45. The molecule has 0 radical (unpaired) electrons. The standard InChI is InChI=1S/C18H21ClN4O/c1-3-4-15-20-16-13-11-12(19)5-6-14(13)24-17(16)18(21-15)23-9-7-22(2)8-10-23/h5-6,11H,3-4,7-10H2,1-2H3. The van der Waals surface area contributed by atoms with Gasteiger partial charge in [0.2, 0.25) is 0 Å². The lowest BCUT2D eigenvalue weighted by Gasteiger charge is -2.33. The van der Waals surface area contributed by atoms with Crippen LogP contribution >= 0.6 is 11.6 Å². The van der Waals surface area contributed by atoms with Crippen LogP contribution < -0.4 is 4.90 Å². The fourth-order valence-corrected chi connectivity index (χ4v) is 3.39. The zero-order valence-electron chi connectivity index (χ0n) is 14.0. The number of furan rings is 1. The molecule has 5 nitrogen and oxygen atoms in total. The second-order valence-electron chi connectivity index (χ2n) is 6.42. The van der Waals surface area contributed by atoms with Crippen LogP contribution in [0, 0.1) is 0 Å². The maximum Gasteiger partial charge on any atom is 0.196 e. The summed E-state index contributed by atoms with van der Waals surface area (Å²) in [5.74, 6) is 1.80. The van der Waals surface area contributed by atoms with E-state index >= 15 is 0 Å². The number of benzene rings is 1. The SMILES string of the molecule is CCCc1nc(N2CCN(C)CC2)c2oc3ccc(Cl)cc3c2n1. The summed E-state index contributed by atoms with van der Waals surface area (Å²) in [6, 6.07) is 5.69. The first kappa shape index (κ1) is 15.7. The van der Waals surface area contributed by atoms with Crippen molar-refractivity contribution in [2.45, 2.75) is 19.8 Å². The Hall–Kier alpha value is -1.85. The zero-order valence-corrected chi connectivity index (χ0v) is 14.8. The maximum absolute atomic E-state index is 6.18. The van der Waals surface area contributed by atoms with Crippen molar-refractivity contribution in [3.63, 3.8) is 0 Å². The highest BCUT2D eigenvalue weighted by Gasteiger charge is 2.22. The molecule has 1 aliphatic rings. The predicted molar refractivity (Wildman–Crippen MR) is 98.0 cm³/mol. The van der Waals surface area contributed by atoms with Gasteiger partial charge < -0.3 is 14.2 Å². The first-order valence-electron chi connectivity index (χ1n) is 8.48. The summed E-state index contributed by atoms with van der Waals surface area (Å²) in [6.07, 6.45) is 1.88. The minimum atomic E-state index is 0.696. The normalized spacial score (nSPS) is 16.4. The molecule has 0 unspecified atom stereocenters. The number of rotatable bonds is 3. The third kappa shape index (κ3) is 2.72. The van der Waals surface area contributed by atoms with Gasteiger partial charge in [-0.1, -0.05) is 18.5 Å². The molecule has 24 heavy (non-hydrogen) atoms. The average molecular weight is 345 g/mol. The minimum absolute atomic E-state index is 0.696. The number of fused-ring (bicyclic) bond motifs is 3. The van der Waals surface area contributed by atoms with Crippen molar-refractivity contribution in [2.75, 3.05) is 38.1 Å². The Labute approximate surface area is 146 Å². The van der Waals surface area contributed by atoms with Crippen molar-refractivity contribution in [3.05, 3.63) is 29.0 Å². The number of hydrogen-bond acceptors (Lipinski definition) is 5. The van der Waals surface area contributed by atoms with Gasteiger partial charge in [-0.2, -0.15) is 0 Å². The van der Waals surface area contributed by atoms with E-state index in [-0.39, 0.29) is 0 Å². The van der Waals surface area contributed by atoms with Crippen LogP contribution in [0.1, 0.15) is 19.2 Å². The lowest BCUT2D eigenvalue weighted by atomic mass is 10.2. The molecule has 0 N–H and O–H groups in total. The van der Waals surface area contributed by atoms with Crippen molar-refractivity contribution >= 4 is 39.5 Å². The smallest absolute Gasteiger partial charge is 0.196 e. The van der Waals surface area contributed by atoms with Crippen LogP contribution in [0.2, 0.25) is 5.02 Å². The molecule has 1 aromatic carbocycles. The minimum Gasteiger partial charge on any atom is -0.450 e. The van der Waals surface area contributed by atoms with Gasteiger partial charge in [-0.25, -0.2) is 9.97 Å². The second-order valence-corrected chi connectivity index (χ2v) is 6.86. The Morgan fingerprint density at radius 2 is 1.96 bits per heavy atom. The summed E-state index contributed by atoms with van der Waals surface area (Å²) in [4.78, 5) is 14.2. The van der Waals surface area contributed by atoms with Crippen molar-refractivity contribution in [1.29, 1.82) is 0 Å². The molecule has 3 aromatic rings. The van der Waals surface area contributed by atoms with Crippen LogP contribution in [0.15, 0.2) is 22.6 Å². The van der Waals surface area contributed by atoms with E-state index in [1.807, 2.05) is 18.2 Å². The summed E-state index contributed by atoms with van der Waals surface area (Å²) in [5.41, 5.74) is 2.46. The van der Waals surface area contributed by atoms with E-state index in [0.29, 0.717) is 5.02 Å². The Morgan fingerprint density at radius 3 is 2.71 bits per heavy atom. The number of likely N-dealkylation sites (N-methyl/N-ethyl adjacent to an activating group) is 1. The molecule has 0 aliphatic carbocycles. The number of hydrogen-bond donors (Lipinski definition) is 0. The number of anilines is 1. The molecule has 1 saturated heterocycles. The Kier molecular flexibility index (Phi) is 4.06. The molecule has 0 bridgehead atoms. The van der Waals surface area contributed by atoms with Gasteiger partial charge in [0.05, 0.1) is 0 Å². The highest BCUT2D eigenvalue weighted by atomic mass is 35.5. The highest BCUT2D eigenvalue weighted by Crippen LogP contribution is 2.34. The fraction of sp³-hybridized carbons (Fsp3) is 0.444. The van der Waals surface area contributed by atoms with Crippen LogP contribution in [0.25, 0.3) is 22.1 Å². The number of nitrogens with zero attached hydrogens (tertiary/aromatic N) is 4. The molecule has 3 heterocycles. The quantitative estimate of drug-likeness (QED) is 0.724. The largest absolute Gasteiger partial charge is 0.450 e. The van der Waals surface area contributed by atoms with Gasteiger partial charge in [0.1, 0.15) is 16.9 Å². The van der Waals surface area contributed by atoms with Crippen molar-refractivity contribution in [1.82, 2.24) is 14.9 Å². The fourth-order valence-electron chi connectivity index (χ4n) is 3.21. The van der Waals surface area contributed by atoms with E-state index < -0.39 is 0 Å². The van der Waals surface area contributed by atoms with Crippen molar-refractivity contribution < 1.29 is 4.42 Å². The molecular formula is C18H21ClN4O. The van der Waals surface area contributed by atoms with Crippen LogP contribution in [-0.4, -0.2) is 48.1 Å². The summed E-state index contributed by atoms with van der Waals surface area (Å²) in [5, 5.41) is 1.66. The van der Waals surface area contributed by atoms with Crippen LogP contribution in [-0.2, 0) is 6.42 Å². The highest BCUT2D eigenvalue weighted by molar-refractivity contribution is 6.31. The molecule has 2 aromatic heterocycles. The van der Waals surface area contributed by atoms with Gasteiger partial charge >= 0.3 is 0 Å². The van der Waals surface area contributed by atoms with Gasteiger partial charge in [-0.3, -0.25) is 0 Å². The van der Waals surface area contributed by atoms with Gasteiger partial charge in [0.15, 0.2) is 11.4 Å². The molecule has 0 atom stereocenters. The zero-order chi connectivity index (χ0) is 16.7. The van der Waals surface area contributed by atoms with Gasteiger partial charge in [-0.15, -0.1) is 0 Å². The Morgan fingerprint density at radius 1 is 1.17 bits per heavy atom. The van der Waals surface area contributed by atoms with Crippen molar-refractivity contribution in [3.8, 4) is 0 Å². The lowest BCUT2D eigenvalue weighted by molar-refractivity contribution is 0.312. The summed E-state index contributed by atoms with van der Waals surface area (Å²) in [7, 11) is 2.15. The van der Waals surface area contributed by atoms with Crippen LogP contribution in [0.5, 0.6) is 0 Å². The van der Waals surface area contributed by atoms with E-state index in [1.165, 1.54) is 0 Å². The van der Waals surface area contributed by atoms with E-state index in [9.17, 15) is 0 Å². The topological polar surface area (TPSA) is 45.4 Å². The van der Waals surface area contributed by atoms with E-state index in [1.54, 1.807) is 0 Å². The van der Waals surface area contributed by atoms with E-state index in [2.05, 4.69) is 23.8 Å². The molecule has 4 rings (SSSR count). The summed E-state index contributed by atoms with van der Waals surface area (Å²) < 4.78 is 6.11. The van der Waals surface area contributed by atoms with Gasteiger partial charge in [0.25, 0.3) is 0 Å². The van der Waals surface area contributed by atoms with Crippen LogP contribution in [0.4, 0.5) is 5.82 Å². The maximum atomic E-state index is 6.18. The number of aromatic nitrogens is 2. The second kappa shape index (κ2) is 6.22. The van der Waals surface area contributed by atoms with Gasteiger partial charge in [-0.05, 0) is 31.7 Å². The van der Waals surface area contributed by atoms with E-state index in [4.69, 9.17) is 26.0 Å². The predicted octanol–water partition coefficient (Wildman–Crippen LogP) is 3.73. The molecule has 1 aliphatic heterocycles. The molecule has 0 spiro atoms. The summed E-state index contributed by atoms with van der Waals surface area (Å²) in [6.45, 7) is 6.10. The number of aryl methyl sites for hydroxylation is 1. The molecular weight excluding hydrogens is 324 g/mol. The molecule has 1 fully saturated rings. The van der Waals surface area contributed by atoms with Crippen LogP contribution in [0.3, 0.4) is 0 Å². The average Bonchev–Trinajstić information content (AvgIpc) is 2.93. The Balaban J connectivity index is 1.91. The van der Waals surface area contributed by atoms with Crippen molar-refractivity contribution in [2.24, 2.45) is 0 Å². The molecule has 0 amide bonds. The molecule has 0 saturated carbocycles. The monoisotopic (exact) mass is 344 g/mol. The number of halogens is 1. The Bertz CT molecular complexity index is 883. The molecule has 6 heteroatoms. The third-order valence-corrected chi connectivity index (χ3v) is 4.81. The first-order valence-corrected chi connectivity index (χ1v) is 8.85. The summed E-state index contributed by atoms with van der Waals surface area (Å²) >= 11 is 6.18. The third-order valence-electron chi connectivity index (χ3n) is 4.58. The van der Waals surface area contributed by atoms with E-state index in [0.717, 1.165) is 72.7 Å². The molecule has 126 valence electrons. The number of piperazine rings is 1. The van der Waals surface area contributed by atoms with Gasteiger partial charge in [0, 0.05) is 43.0 Å². The first-order chi connectivity index (χ1) is 11.7.